The fraction of sp³-hybridized carbons (Fsp3) is 0.182. The molecule has 0 aliphatic carbocycles. The van der Waals surface area contributed by atoms with Crippen LogP contribution >= 0.6 is 11.6 Å². The molecule has 0 N–H and O–H groups in total. The summed E-state index contributed by atoms with van der Waals surface area (Å²) < 4.78 is 1.49. The van der Waals surface area contributed by atoms with Crippen molar-refractivity contribution < 1.29 is 0 Å². The van der Waals surface area contributed by atoms with Crippen molar-refractivity contribution in [3.05, 3.63) is 57.5 Å². The second-order valence-corrected chi connectivity index (χ2v) is 3.78. The molecule has 5 heteroatoms. The first-order chi connectivity index (χ1) is 7.68. The summed E-state index contributed by atoms with van der Waals surface area (Å²) in [6, 6.07) is 3.82. The average Bonchev–Trinajstić information content (AvgIpc) is 2.28. The number of aryl methyl sites for hydroxylation is 1. The molecule has 16 heavy (non-hydrogen) atoms. The number of halogens is 1. The maximum absolute atomic E-state index is 11.6. The Morgan fingerprint density at radius 3 is 2.94 bits per heavy atom. The summed E-state index contributed by atoms with van der Waals surface area (Å²) in [5, 5.41) is -0.0175. The largest absolute Gasteiger partial charge is 0.305 e. The lowest BCUT2D eigenvalue weighted by Gasteiger charge is -2.06. The summed E-state index contributed by atoms with van der Waals surface area (Å²) in [5.41, 5.74) is 1.60. The molecule has 4 nitrogen and oxygen atoms in total. The first-order valence-corrected chi connectivity index (χ1v) is 5.17. The van der Waals surface area contributed by atoms with Gasteiger partial charge in [-0.15, -0.1) is 0 Å². The first-order valence-electron chi connectivity index (χ1n) is 4.80. The monoisotopic (exact) mass is 235 g/mol. The quantitative estimate of drug-likeness (QED) is 0.795. The molecule has 0 amide bonds. The topological polar surface area (TPSA) is 47.8 Å². The van der Waals surface area contributed by atoms with E-state index in [1.807, 2.05) is 19.1 Å². The Balaban J connectivity index is 2.39. The van der Waals surface area contributed by atoms with Gasteiger partial charge in [0.2, 0.25) is 0 Å². The molecule has 0 aliphatic rings. The van der Waals surface area contributed by atoms with E-state index < -0.39 is 0 Å². The lowest BCUT2D eigenvalue weighted by Crippen LogP contribution is -2.22. The maximum atomic E-state index is 11.6. The standard InChI is InChI=1S/C11H10ClN3O/c1-8-3-2-4-13-9(8)7-15-6-5-14-10(12)11(15)16/h2-6H,7H2,1H3. The molecule has 0 atom stereocenters. The van der Waals surface area contributed by atoms with E-state index in [0.29, 0.717) is 6.54 Å². The predicted molar refractivity (Wildman–Crippen MR) is 61.6 cm³/mol. The van der Waals surface area contributed by atoms with Gasteiger partial charge in [-0.3, -0.25) is 9.78 Å². The third-order valence-corrected chi connectivity index (χ3v) is 2.57. The molecule has 0 spiro atoms. The van der Waals surface area contributed by atoms with E-state index in [-0.39, 0.29) is 10.7 Å². The Bertz CT molecular complexity index is 565. The minimum Gasteiger partial charge on any atom is -0.305 e. The van der Waals surface area contributed by atoms with Crippen molar-refractivity contribution in [3.8, 4) is 0 Å². The van der Waals surface area contributed by atoms with E-state index >= 15 is 0 Å². The normalized spacial score (nSPS) is 10.4. The van der Waals surface area contributed by atoms with Crippen molar-refractivity contribution in [1.29, 1.82) is 0 Å². The van der Waals surface area contributed by atoms with Crippen molar-refractivity contribution in [2.24, 2.45) is 0 Å². The molecule has 82 valence electrons. The summed E-state index contributed by atoms with van der Waals surface area (Å²) in [6.07, 6.45) is 4.81. The lowest BCUT2D eigenvalue weighted by atomic mass is 10.2. The van der Waals surface area contributed by atoms with Crippen LogP contribution in [0.25, 0.3) is 0 Å². The second kappa shape index (κ2) is 4.45. The molecular weight excluding hydrogens is 226 g/mol. The van der Waals surface area contributed by atoms with Gasteiger partial charge in [-0.2, -0.15) is 0 Å². The van der Waals surface area contributed by atoms with E-state index in [4.69, 9.17) is 11.6 Å². The fourth-order valence-corrected chi connectivity index (χ4v) is 1.56. The van der Waals surface area contributed by atoms with Crippen LogP contribution in [0.4, 0.5) is 0 Å². The highest BCUT2D eigenvalue weighted by Gasteiger charge is 2.04. The summed E-state index contributed by atoms with van der Waals surface area (Å²) in [5.74, 6) is 0. The Morgan fingerprint density at radius 1 is 1.38 bits per heavy atom. The van der Waals surface area contributed by atoms with Gasteiger partial charge in [0.15, 0.2) is 5.15 Å². The van der Waals surface area contributed by atoms with Crippen molar-refractivity contribution in [2.75, 3.05) is 0 Å². The van der Waals surface area contributed by atoms with Crippen molar-refractivity contribution in [1.82, 2.24) is 14.5 Å². The zero-order valence-corrected chi connectivity index (χ0v) is 9.48. The first kappa shape index (κ1) is 10.8. The zero-order valence-electron chi connectivity index (χ0n) is 8.72. The molecule has 0 aromatic carbocycles. The Morgan fingerprint density at radius 2 is 2.19 bits per heavy atom. The number of hydrogen-bond acceptors (Lipinski definition) is 3. The molecule has 2 heterocycles. The summed E-state index contributed by atoms with van der Waals surface area (Å²) in [4.78, 5) is 19.6. The Hall–Kier alpha value is -1.68. The van der Waals surface area contributed by atoms with Gasteiger partial charge in [-0.25, -0.2) is 4.98 Å². The maximum Gasteiger partial charge on any atom is 0.288 e. The minimum absolute atomic E-state index is 0.0175. The van der Waals surface area contributed by atoms with Crippen LogP contribution in [0.2, 0.25) is 5.15 Å². The molecular formula is C11H10ClN3O. The number of aromatic nitrogens is 3. The van der Waals surface area contributed by atoms with Gasteiger partial charge in [0.05, 0.1) is 12.2 Å². The molecule has 0 aliphatic heterocycles. The highest BCUT2D eigenvalue weighted by molar-refractivity contribution is 6.29. The SMILES string of the molecule is Cc1cccnc1Cn1ccnc(Cl)c1=O. The summed E-state index contributed by atoms with van der Waals surface area (Å²) in [7, 11) is 0. The Labute approximate surface area is 97.6 Å². The van der Waals surface area contributed by atoms with E-state index in [1.165, 1.54) is 10.8 Å². The van der Waals surface area contributed by atoms with Crippen LogP contribution in [0.3, 0.4) is 0 Å². The van der Waals surface area contributed by atoms with Crippen LogP contribution in [-0.4, -0.2) is 14.5 Å². The number of pyridine rings is 1. The molecule has 0 fully saturated rings. The van der Waals surface area contributed by atoms with Crippen LogP contribution in [-0.2, 0) is 6.54 Å². The molecule has 0 unspecified atom stereocenters. The van der Waals surface area contributed by atoms with Crippen LogP contribution in [0.5, 0.6) is 0 Å². The third-order valence-electron chi connectivity index (χ3n) is 2.31. The third kappa shape index (κ3) is 2.12. The molecule has 2 aromatic heterocycles. The number of hydrogen-bond donors (Lipinski definition) is 0. The molecule has 0 saturated heterocycles. The van der Waals surface area contributed by atoms with Gasteiger partial charge in [-0.05, 0) is 18.6 Å². The van der Waals surface area contributed by atoms with E-state index in [9.17, 15) is 4.79 Å². The van der Waals surface area contributed by atoms with Gasteiger partial charge >= 0.3 is 0 Å². The van der Waals surface area contributed by atoms with Crippen molar-refractivity contribution >= 4 is 11.6 Å². The predicted octanol–water partition coefficient (Wildman–Crippen LogP) is 1.65. The lowest BCUT2D eigenvalue weighted by molar-refractivity contribution is 0.725. The highest BCUT2D eigenvalue weighted by Crippen LogP contribution is 2.04. The smallest absolute Gasteiger partial charge is 0.288 e. The van der Waals surface area contributed by atoms with Crippen molar-refractivity contribution in [2.45, 2.75) is 13.5 Å². The van der Waals surface area contributed by atoms with E-state index in [1.54, 1.807) is 12.4 Å². The van der Waals surface area contributed by atoms with Gasteiger partial charge in [-0.1, -0.05) is 17.7 Å². The van der Waals surface area contributed by atoms with Gasteiger partial charge in [0, 0.05) is 18.6 Å². The van der Waals surface area contributed by atoms with E-state index in [2.05, 4.69) is 9.97 Å². The highest BCUT2D eigenvalue weighted by atomic mass is 35.5. The second-order valence-electron chi connectivity index (χ2n) is 3.42. The molecule has 0 saturated carbocycles. The fourth-order valence-electron chi connectivity index (χ4n) is 1.39. The number of rotatable bonds is 2. The molecule has 2 aromatic rings. The summed E-state index contributed by atoms with van der Waals surface area (Å²) >= 11 is 5.65. The van der Waals surface area contributed by atoms with Crippen molar-refractivity contribution in [3.63, 3.8) is 0 Å². The molecule has 0 radical (unpaired) electrons. The van der Waals surface area contributed by atoms with E-state index in [0.717, 1.165) is 11.3 Å². The number of nitrogens with zero attached hydrogens (tertiary/aromatic N) is 3. The zero-order chi connectivity index (χ0) is 11.5. The minimum atomic E-state index is -0.297. The van der Waals surface area contributed by atoms with Crippen LogP contribution < -0.4 is 5.56 Å². The van der Waals surface area contributed by atoms with Gasteiger partial charge < -0.3 is 4.57 Å². The van der Waals surface area contributed by atoms with Gasteiger partial charge in [0.25, 0.3) is 5.56 Å². The Kier molecular flexibility index (Phi) is 3.01. The summed E-state index contributed by atoms with van der Waals surface area (Å²) in [6.45, 7) is 2.36. The van der Waals surface area contributed by atoms with Gasteiger partial charge in [0.1, 0.15) is 0 Å². The van der Waals surface area contributed by atoms with Crippen LogP contribution in [0.15, 0.2) is 35.5 Å². The molecule has 0 bridgehead atoms. The average molecular weight is 236 g/mol. The van der Waals surface area contributed by atoms with Crippen LogP contribution in [0, 0.1) is 6.92 Å². The molecule has 2 rings (SSSR count). The van der Waals surface area contributed by atoms with Crippen LogP contribution in [0.1, 0.15) is 11.3 Å².